The fraction of sp³-hybridized carbons (Fsp3) is 0.267. The zero-order chi connectivity index (χ0) is 15.4. The molecule has 0 aliphatic rings. The first-order valence-electron chi connectivity index (χ1n) is 6.49. The fourth-order valence-corrected chi connectivity index (χ4v) is 3.77. The lowest BCUT2D eigenvalue weighted by atomic mass is 10.1. The van der Waals surface area contributed by atoms with Gasteiger partial charge in [0.05, 0.1) is 21.3 Å². The van der Waals surface area contributed by atoms with Gasteiger partial charge in [0.2, 0.25) is 0 Å². The minimum Gasteiger partial charge on any atom is -0.494 e. The first-order valence-corrected chi connectivity index (χ1v) is 8.90. The van der Waals surface area contributed by atoms with E-state index in [1.807, 2.05) is 44.2 Å². The molecule has 2 aromatic rings. The van der Waals surface area contributed by atoms with Crippen LogP contribution in [0.2, 0.25) is 0 Å². The first-order chi connectivity index (χ1) is 10.0. The van der Waals surface area contributed by atoms with E-state index in [9.17, 15) is 4.79 Å². The molecule has 112 valence electrons. The number of hydrogen-bond acceptors (Lipinski definition) is 3. The number of benzene rings is 1. The Bertz CT molecular complexity index is 606. The van der Waals surface area contributed by atoms with Gasteiger partial charge in [-0.1, -0.05) is 12.1 Å². The van der Waals surface area contributed by atoms with Crippen LogP contribution in [0.15, 0.2) is 38.6 Å². The number of carbonyl (C=O) groups excluding carboxylic acids is 1. The largest absolute Gasteiger partial charge is 0.494 e. The third-order valence-electron chi connectivity index (χ3n) is 2.91. The van der Waals surface area contributed by atoms with E-state index in [0.29, 0.717) is 11.5 Å². The van der Waals surface area contributed by atoms with Gasteiger partial charge in [0.15, 0.2) is 0 Å². The Kier molecular flexibility index (Phi) is 5.84. The van der Waals surface area contributed by atoms with Crippen LogP contribution in [0.1, 0.15) is 35.1 Å². The van der Waals surface area contributed by atoms with Crippen molar-refractivity contribution in [2.24, 2.45) is 0 Å². The standard InChI is InChI=1S/C15H15Br2NO2S/c1-3-20-11-6-4-10(5-7-11)9(2)18-15(19)13-8-12(16)14(17)21-13/h4-9H,3H2,1-2H3,(H,18,19)/t9-/m0/s1. The molecule has 1 aromatic heterocycles. The number of rotatable bonds is 5. The third kappa shape index (κ3) is 4.31. The highest BCUT2D eigenvalue weighted by Gasteiger charge is 2.15. The summed E-state index contributed by atoms with van der Waals surface area (Å²) in [6.07, 6.45) is 0. The Morgan fingerprint density at radius 3 is 2.52 bits per heavy atom. The van der Waals surface area contributed by atoms with Gasteiger partial charge in [0.25, 0.3) is 5.91 Å². The summed E-state index contributed by atoms with van der Waals surface area (Å²) in [7, 11) is 0. The molecule has 0 radical (unpaired) electrons. The van der Waals surface area contributed by atoms with E-state index in [1.165, 1.54) is 11.3 Å². The number of hydrogen-bond donors (Lipinski definition) is 1. The van der Waals surface area contributed by atoms with Crippen molar-refractivity contribution in [3.05, 3.63) is 49.0 Å². The average Bonchev–Trinajstić information content (AvgIpc) is 2.80. The molecule has 1 N–H and O–H groups in total. The van der Waals surface area contributed by atoms with Crippen LogP contribution in [0.4, 0.5) is 0 Å². The Hall–Kier alpha value is -0.850. The summed E-state index contributed by atoms with van der Waals surface area (Å²) in [5, 5.41) is 2.99. The molecule has 0 saturated carbocycles. The van der Waals surface area contributed by atoms with Crippen molar-refractivity contribution in [2.75, 3.05) is 6.61 Å². The second-order valence-corrected chi connectivity index (χ2v) is 7.65. The molecule has 1 amide bonds. The second-order valence-electron chi connectivity index (χ2n) is 4.43. The highest BCUT2D eigenvalue weighted by molar-refractivity contribution is 9.13. The summed E-state index contributed by atoms with van der Waals surface area (Å²) in [4.78, 5) is 12.9. The zero-order valence-corrected chi connectivity index (χ0v) is 15.6. The summed E-state index contributed by atoms with van der Waals surface area (Å²) in [6, 6.07) is 9.52. The second kappa shape index (κ2) is 7.42. The number of thiophene rings is 1. The maximum atomic E-state index is 12.2. The molecule has 0 aliphatic carbocycles. The molecule has 0 bridgehead atoms. The molecule has 3 nitrogen and oxygen atoms in total. The van der Waals surface area contributed by atoms with Gasteiger partial charge in [0.1, 0.15) is 5.75 Å². The van der Waals surface area contributed by atoms with E-state index in [4.69, 9.17) is 4.74 Å². The molecule has 0 spiro atoms. The maximum Gasteiger partial charge on any atom is 0.261 e. The van der Waals surface area contributed by atoms with E-state index in [1.54, 1.807) is 0 Å². The fourth-order valence-electron chi connectivity index (χ4n) is 1.83. The molecule has 0 aliphatic heterocycles. The van der Waals surface area contributed by atoms with E-state index in [2.05, 4.69) is 37.2 Å². The van der Waals surface area contributed by atoms with Crippen LogP contribution < -0.4 is 10.1 Å². The normalized spacial score (nSPS) is 12.0. The van der Waals surface area contributed by atoms with Crippen LogP contribution in [0.3, 0.4) is 0 Å². The van der Waals surface area contributed by atoms with Crippen LogP contribution in [0.5, 0.6) is 5.75 Å². The summed E-state index contributed by atoms with van der Waals surface area (Å²) >= 11 is 8.19. The molecular weight excluding hydrogens is 418 g/mol. The molecule has 6 heteroatoms. The van der Waals surface area contributed by atoms with Crippen molar-refractivity contribution >= 4 is 49.1 Å². The summed E-state index contributed by atoms with van der Waals surface area (Å²) in [5.41, 5.74) is 1.04. The van der Waals surface area contributed by atoms with Crippen molar-refractivity contribution in [1.82, 2.24) is 5.32 Å². The van der Waals surface area contributed by atoms with E-state index in [-0.39, 0.29) is 11.9 Å². The van der Waals surface area contributed by atoms with Crippen molar-refractivity contribution < 1.29 is 9.53 Å². The minimum absolute atomic E-state index is 0.0622. The third-order valence-corrected chi connectivity index (χ3v) is 6.16. The monoisotopic (exact) mass is 431 g/mol. The highest BCUT2D eigenvalue weighted by Crippen LogP contribution is 2.32. The Labute approximate surface area is 145 Å². The SMILES string of the molecule is CCOc1ccc([C@H](C)NC(=O)c2cc(Br)c(Br)s2)cc1. The molecule has 21 heavy (non-hydrogen) atoms. The van der Waals surface area contributed by atoms with Crippen molar-refractivity contribution in [3.8, 4) is 5.75 Å². The van der Waals surface area contributed by atoms with Gasteiger partial charge < -0.3 is 10.1 Å². The average molecular weight is 433 g/mol. The number of halogens is 2. The predicted octanol–water partition coefficient (Wildman–Crippen LogP) is 5.16. The topological polar surface area (TPSA) is 38.3 Å². The van der Waals surface area contributed by atoms with Crippen LogP contribution in [-0.2, 0) is 0 Å². The molecule has 1 heterocycles. The van der Waals surface area contributed by atoms with Gasteiger partial charge in [0, 0.05) is 4.47 Å². The van der Waals surface area contributed by atoms with Gasteiger partial charge in [-0.25, -0.2) is 0 Å². The quantitative estimate of drug-likeness (QED) is 0.708. The molecule has 2 rings (SSSR count). The van der Waals surface area contributed by atoms with Crippen molar-refractivity contribution in [1.29, 1.82) is 0 Å². The van der Waals surface area contributed by atoms with Crippen LogP contribution in [0, 0.1) is 0 Å². The van der Waals surface area contributed by atoms with Gasteiger partial charge in [-0.05, 0) is 69.5 Å². The Morgan fingerprint density at radius 2 is 2.00 bits per heavy atom. The Balaban J connectivity index is 2.03. The molecule has 0 unspecified atom stereocenters. The molecule has 0 fully saturated rings. The van der Waals surface area contributed by atoms with Crippen LogP contribution in [-0.4, -0.2) is 12.5 Å². The first kappa shape index (κ1) is 16.5. The van der Waals surface area contributed by atoms with Gasteiger partial charge in [-0.15, -0.1) is 11.3 Å². The number of carbonyl (C=O) groups is 1. The lowest BCUT2D eigenvalue weighted by Gasteiger charge is -2.14. The zero-order valence-electron chi connectivity index (χ0n) is 11.7. The van der Waals surface area contributed by atoms with Crippen molar-refractivity contribution in [2.45, 2.75) is 19.9 Å². The Morgan fingerprint density at radius 1 is 1.33 bits per heavy atom. The maximum absolute atomic E-state index is 12.2. The molecular formula is C15H15Br2NO2S. The minimum atomic E-state index is -0.0761. The van der Waals surface area contributed by atoms with Crippen LogP contribution >= 0.6 is 43.2 Å². The van der Waals surface area contributed by atoms with Gasteiger partial charge in [-0.2, -0.15) is 0 Å². The number of amides is 1. The summed E-state index contributed by atoms with van der Waals surface area (Å²) in [5.74, 6) is 0.763. The van der Waals surface area contributed by atoms with E-state index in [0.717, 1.165) is 19.6 Å². The molecule has 0 saturated heterocycles. The lowest BCUT2D eigenvalue weighted by Crippen LogP contribution is -2.25. The van der Waals surface area contributed by atoms with Crippen LogP contribution in [0.25, 0.3) is 0 Å². The summed E-state index contributed by atoms with van der Waals surface area (Å²) in [6.45, 7) is 4.56. The number of ether oxygens (including phenoxy) is 1. The lowest BCUT2D eigenvalue weighted by molar-refractivity contribution is 0.0944. The van der Waals surface area contributed by atoms with E-state index >= 15 is 0 Å². The number of nitrogens with one attached hydrogen (secondary N) is 1. The molecule has 1 aromatic carbocycles. The van der Waals surface area contributed by atoms with Gasteiger partial charge >= 0.3 is 0 Å². The highest BCUT2D eigenvalue weighted by atomic mass is 79.9. The molecule has 1 atom stereocenters. The van der Waals surface area contributed by atoms with E-state index < -0.39 is 0 Å². The van der Waals surface area contributed by atoms with Crippen molar-refractivity contribution in [3.63, 3.8) is 0 Å². The van der Waals surface area contributed by atoms with Gasteiger partial charge in [-0.3, -0.25) is 4.79 Å². The smallest absolute Gasteiger partial charge is 0.261 e. The predicted molar refractivity (Wildman–Crippen MR) is 93.2 cm³/mol. The summed E-state index contributed by atoms with van der Waals surface area (Å²) < 4.78 is 7.22.